The van der Waals surface area contributed by atoms with Gasteiger partial charge in [-0.1, -0.05) is 56.2 Å². The van der Waals surface area contributed by atoms with Crippen LogP contribution in [0.4, 0.5) is 0 Å². The van der Waals surface area contributed by atoms with E-state index in [9.17, 15) is 5.11 Å². The Labute approximate surface area is 201 Å². The molecule has 0 bridgehead atoms. The van der Waals surface area contributed by atoms with Crippen molar-refractivity contribution >= 4 is 0 Å². The molecule has 0 aromatic heterocycles. The van der Waals surface area contributed by atoms with E-state index in [-0.39, 0.29) is 57.7 Å². The molecular weight excluding hydrogens is 439 g/mol. The fourth-order valence-electron chi connectivity index (χ4n) is 3.13. The van der Waals surface area contributed by atoms with E-state index in [0.29, 0.717) is 5.75 Å². The van der Waals surface area contributed by atoms with Crippen molar-refractivity contribution in [2.24, 2.45) is 0 Å². The van der Waals surface area contributed by atoms with Gasteiger partial charge in [-0.25, -0.2) is 0 Å². The second-order valence-electron chi connectivity index (χ2n) is 7.57. The molecule has 0 spiro atoms. The molecular formula is C24H25Cl2O2Ti-3. The number of benzene rings is 3. The molecule has 1 aliphatic carbocycles. The minimum Gasteiger partial charge on any atom is -1.00 e. The monoisotopic (exact) mass is 463 g/mol. The fraction of sp³-hybridized carbons (Fsp3) is 0.250. The van der Waals surface area contributed by atoms with Gasteiger partial charge in [0.05, 0.1) is 7.11 Å². The van der Waals surface area contributed by atoms with E-state index in [2.05, 4.69) is 63.2 Å². The van der Waals surface area contributed by atoms with Crippen molar-refractivity contribution in [3.8, 4) is 22.6 Å². The summed E-state index contributed by atoms with van der Waals surface area (Å²) in [6, 6.07) is 23.4. The first-order chi connectivity index (χ1) is 12.4. The number of hydrogen-bond acceptors (Lipinski definition) is 2. The molecule has 0 amide bonds. The molecule has 0 unspecified atom stereocenters. The summed E-state index contributed by atoms with van der Waals surface area (Å²) in [5.41, 5.74) is 6.62. The van der Waals surface area contributed by atoms with E-state index in [0.717, 1.165) is 12.0 Å². The smallest absolute Gasteiger partial charge is 0.122 e. The Morgan fingerprint density at radius 1 is 0.931 bits per heavy atom. The van der Waals surface area contributed by atoms with Gasteiger partial charge in [0.25, 0.3) is 0 Å². The zero-order valence-corrected chi connectivity index (χ0v) is 20.2. The van der Waals surface area contributed by atoms with Gasteiger partial charge in [-0.3, -0.25) is 0 Å². The van der Waals surface area contributed by atoms with Crippen molar-refractivity contribution in [2.45, 2.75) is 32.6 Å². The number of aromatic hydroxyl groups is 1. The summed E-state index contributed by atoms with van der Waals surface area (Å²) in [5, 5.41) is 9.41. The number of ether oxygens (including phenoxy) is 1. The number of halogens is 2. The molecule has 5 heteroatoms. The minimum absolute atomic E-state index is 0. The van der Waals surface area contributed by atoms with E-state index in [1.807, 2.05) is 12.1 Å². The van der Waals surface area contributed by atoms with E-state index in [1.54, 1.807) is 19.2 Å². The summed E-state index contributed by atoms with van der Waals surface area (Å²) in [6.45, 7) is 6.30. The normalized spacial score (nSPS) is 10.6. The molecule has 0 heterocycles. The Hall–Kier alpha value is -1.45. The van der Waals surface area contributed by atoms with E-state index in [1.165, 1.54) is 22.3 Å². The van der Waals surface area contributed by atoms with Crippen molar-refractivity contribution in [1.29, 1.82) is 0 Å². The molecule has 4 rings (SSSR count). The molecule has 1 N–H and O–H groups in total. The predicted molar refractivity (Wildman–Crippen MR) is 107 cm³/mol. The predicted octanol–water partition coefficient (Wildman–Crippen LogP) is -0.238. The second kappa shape index (κ2) is 11.7. The fourth-order valence-corrected chi connectivity index (χ4v) is 3.13. The summed E-state index contributed by atoms with van der Waals surface area (Å²) in [7, 11) is 1.60. The van der Waals surface area contributed by atoms with Gasteiger partial charge in [-0.2, -0.15) is 29.8 Å². The number of rotatable bonds is 1. The van der Waals surface area contributed by atoms with E-state index < -0.39 is 0 Å². The van der Waals surface area contributed by atoms with Gasteiger partial charge in [-0.05, 0) is 29.5 Å². The van der Waals surface area contributed by atoms with Crippen LogP contribution < -0.4 is 29.6 Å². The third-order valence-electron chi connectivity index (χ3n) is 4.61. The third kappa shape index (κ3) is 6.79. The molecule has 154 valence electrons. The molecule has 0 radical (unpaired) electrons. The molecule has 3 aromatic rings. The summed E-state index contributed by atoms with van der Waals surface area (Å²) < 4.78 is 5.07. The van der Waals surface area contributed by atoms with Gasteiger partial charge >= 0.3 is 0 Å². The summed E-state index contributed by atoms with van der Waals surface area (Å²) in [4.78, 5) is 0. The average molecular weight is 464 g/mol. The van der Waals surface area contributed by atoms with Crippen molar-refractivity contribution in [3.63, 3.8) is 0 Å². The number of methoxy groups -OCH3 is 1. The molecule has 2 nitrogen and oxygen atoms in total. The quantitative estimate of drug-likeness (QED) is 0.312. The first-order valence-corrected chi connectivity index (χ1v) is 8.85. The van der Waals surface area contributed by atoms with Crippen molar-refractivity contribution in [1.82, 2.24) is 0 Å². The largest absolute Gasteiger partial charge is 1.00 e. The third-order valence-corrected chi connectivity index (χ3v) is 4.61. The van der Waals surface area contributed by atoms with Crippen molar-refractivity contribution in [3.05, 3.63) is 83.4 Å². The zero-order valence-electron chi connectivity index (χ0n) is 17.1. The first-order valence-electron chi connectivity index (χ1n) is 8.85. The Morgan fingerprint density at radius 2 is 1.59 bits per heavy atom. The van der Waals surface area contributed by atoms with Crippen LogP contribution in [-0.4, -0.2) is 12.2 Å². The maximum atomic E-state index is 9.41. The second-order valence-corrected chi connectivity index (χ2v) is 7.57. The molecule has 0 aliphatic heterocycles. The minimum atomic E-state index is 0. The number of hydrogen-bond donors (Lipinski definition) is 1. The van der Waals surface area contributed by atoms with Gasteiger partial charge in [0.15, 0.2) is 0 Å². The van der Waals surface area contributed by atoms with Crippen LogP contribution in [0.5, 0.6) is 11.5 Å². The summed E-state index contributed by atoms with van der Waals surface area (Å²) in [5.74, 6) is 0.953. The van der Waals surface area contributed by atoms with E-state index in [4.69, 9.17) is 4.74 Å². The summed E-state index contributed by atoms with van der Waals surface area (Å²) >= 11 is 0. The summed E-state index contributed by atoms with van der Waals surface area (Å²) in [6.07, 6.45) is 1.05. The number of phenolic OH excluding ortho intramolecular Hbond substituents is 1. The molecule has 29 heavy (non-hydrogen) atoms. The van der Waals surface area contributed by atoms with Crippen LogP contribution >= 0.6 is 0 Å². The van der Waals surface area contributed by atoms with Crippen LogP contribution in [0.2, 0.25) is 0 Å². The molecule has 3 aromatic carbocycles. The van der Waals surface area contributed by atoms with Gasteiger partial charge in [0.1, 0.15) is 11.5 Å². The molecule has 0 saturated heterocycles. The molecule has 1 aliphatic rings. The number of phenols is 1. The van der Waals surface area contributed by atoms with Crippen LogP contribution in [-0.2, 0) is 33.6 Å². The molecule has 0 fully saturated rings. The van der Waals surface area contributed by atoms with Gasteiger partial charge in [-0.15, -0.1) is 5.56 Å². The maximum Gasteiger partial charge on any atom is 0.122 e. The molecule has 0 saturated carbocycles. The van der Waals surface area contributed by atoms with Crippen molar-refractivity contribution in [2.75, 3.05) is 7.11 Å². The van der Waals surface area contributed by atoms with Gasteiger partial charge < -0.3 is 34.7 Å². The topological polar surface area (TPSA) is 29.5 Å². The first kappa shape index (κ1) is 27.6. The standard InChI is InChI=1S/C13H9.C11H16O2.2ClH.Ti/c1-3-7-12-10(5-1)9-11-6-2-4-8-13(11)12;1-11(2,3)8-5-9(12)7-10(6-8)13-4;;;/h1-5,7-8H,9H2;5-7,12H,1-4H3;2*1H;/q-1;;;;/p-2. The zero-order chi connectivity index (χ0) is 18.7. The van der Waals surface area contributed by atoms with Crippen LogP contribution in [0.15, 0.2) is 60.7 Å². The van der Waals surface area contributed by atoms with Crippen molar-refractivity contribution < 1.29 is 56.4 Å². The SMILES string of the molecule is COc1cc(O)cc(C(C)(C)C)c1.[Cl-].[Cl-].[Ti].[c-]1cccc2c1Cc1ccccc1-2. The van der Waals surface area contributed by atoms with Gasteiger partial charge in [0.2, 0.25) is 0 Å². The Balaban J connectivity index is 0.000000490. The Bertz CT molecular complexity index is 877. The Morgan fingerprint density at radius 3 is 2.24 bits per heavy atom. The average Bonchev–Trinajstić information content (AvgIpc) is 2.99. The Kier molecular flexibility index (Phi) is 11.1. The van der Waals surface area contributed by atoms with Crippen LogP contribution in [0.25, 0.3) is 11.1 Å². The van der Waals surface area contributed by atoms with Gasteiger partial charge in [0, 0.05) is 27.8 Å². The van der Waals surface area contributed by atoms with Crippen LogP contribution in [0.1, 0.15) is 37.5 Å². The van der Waals surface area contributed by atoms with E-state index >= 15 is 0 Å². The van der Waals surface area contributed by atoms with Crippen LogP contribution in [0.3, 0.4) is 0 Å². The molecule has 0 atom stereocenters. The van der Waals surface area contributed by atoms with Crippen LogP contribution in [0, 0.1) is 6.07 Å². The number of fused-ring (bicyclic) bond motifs is 3. The maximum absolute atomic E-state index is 9.41.